The van der Waals surface area contributed by atoms with E-state index in [9.17, 15) is 14.7 Å². The minimum Gasteiger partial charge on any atom is -0.493 e. The van der Waals surface area contributed by atoms with Gasteiger partial charge in [0.25, 0.3) is 0 Å². The lowest BCUT2D eigenvalue weighted by Gasteiger charge is -2.29. The third kappa shape index (κ3) is 6.09. The second-order valence-electron chi connectivity index (χ2n) is 10.3. The number of amides is 1. The summed E-state index contributed by atoms with van der Waals surface area (Å²) in [4.78, 5) is 43.0. The lowest BCUT2D eigenvalue weighted by Crippen LogP contribution is -2.44. The van der Waals surface area contributed by atoms with E-state index in [1.54, 1.807) is 23.5 Å². The fourth-order valence-corrected chi connectivity index (χ4v) is 5.88. The van der Waals surface area contributed by atoms with Gasteiger partial charge in [0.2, 0.25) is 5.91 Å². The van der Waals surface area contributed by atoms with Gasteiger partial charge in [-0.2, -0.15) is 0 Å². The Morgan fingerprint density at radius 3 is 2.82 bits per heavy atom. The number of benzene rings is 1. The van der Waals surface area contributed by atoms with Crippen LogP contribution in [0.5, 0.6) is 5.75 Å². The number of carboxylic acid groups (broad SMARTS) is 1. The minimum absolute atomic E-state index is 0.0457. The van der Waals surface area contributed by atoms with Crippen LogP contribution >= 0.6 is 0 Å². The molecule has 5 rings (SSSR count). The van der Waals surface area contributed by atoms with Gasteiger partial charge in [0.05, 0.1) is 31.0 Å². The van der Waals surface area contributed by atoms with Gasteiger partial charge in [-0.3, -0.25) is 19.5 Å². The number of ether oxygens (including phenoxy) is 1. The molecule has 1 saturated heterocycles. The lowest BCUT2D eigenvalue weighted by molar-refractivity contribution is -0.143. The van der Waals surface area contributed by atoms with Crippen molar-refractivity contribution in [3.63, 3.8) is 0 Å². The highest BCUT2D eigenvalue weighted by atomic mass is 16.5. The summed E-state index contributed by atoms with van der Waals surface area (Å²) >= 11 is 0. The highest BCUT2D eigenvalue weighted by Gasteiger charge is 2.47. The molecule has 0 radical (unpaired) electrons. The van der Waals surface area contributed by atoms with Gasteiger partial charge in [-0.25, -0.2) is 9.97 Å². The molecule has 4 heterocycles. The third-order valence-corrected chi connectivity index (χ3v) is 7.85. The summed E-state index contributed by atoms with van der Waals surface area (Å²) in [5.74, 6) is -0.898. The summed E-state index contributed by atoms with van der Waals surface area (Å²) in [6, 6.07) is 11.3. The number of anilines is 1. The van der Waals surface area contributed by atoms with E-state index in [2.05, 4.69) is 32.8 Å². The average molecular weight is 530 g/mol. The largest absolute Gasteiger partial charge is 0.493 e. The number of carbonyl (C=O) groups is 2. The number of carboxylic acids is 1. The van der Waals surface area contributed by atoms with Gasteiger partial charge >= 0.3 is 5.97 Å². The molecule has 3 aromatic rings. The number of hydrogen-bond donors (Lipinski definition) is 1. The van der Waals surface area contributed by atoms with Crippen LogP contribution in [0.2, 0.25) is 0 Å². The highest BCUT2D eigenvalue weighted by molar-refractivity contribution is 5.94. The van der Waals surface area contributed by atoms with Crippen molar-refractivity contribution >= 4 is 17.6 Å². The number of carbonyl (C=O) groups excluding carboxylic acids is 1. The van der Waals surface area contributed by atoms with Gasteiger partial charge in [0.1, 0.15) is 12.1 Å². The smallest absolute Gasteiger partial charge is 0.308 e. The molecule has 9 heteroatoms. The number of aryl methyl sites for hydroxylation is 1. The van der Waals surface area contributed by atoms with Gasteiger partial charge in [-0.1, -0.05) is 25.5 Å². The van der Waals surface area contributed by atoms with E-state index < -0.39 is 11.9 Å². The number of nitrogens with zero attached hydrogens (tertiary/aromatic N) is 5. The fourth-order valence-electron chi connectivity index (χ4n) is 5.88. The first kappa shape index (κ1) is 26.7. The van der Waals surface area contributed by atoms with Gasteiger partial charge in [0, 0.05) is 49.6 Å². The van der Waals surface area contributed by atoms with Gasteiger partial charge in [-0.15, -0.1) is 0 Å². The molecule has 0 spiro atoms. The van der Waals surface area contributed by atoms with Crippen LogP contribution in [-0.4, -0.2) is 69.1 Å². The molecule has 1 N–H and O–H groups in total. The van der Waals surface area contributed by atoms with E-state index in [1.807, 2.05) is 30.3 Å². The average Bonchev–Trinajstić information content (AvgIpc) is 3.57. The number of fused-ring (bicyclic) bond motifs is 1. The van der Waals surface area contributed by atoms with Crippen LogP contribution in [-0.2, 0) is 22.4 Å². The van der Waals surface area contributed by atoms with Crippen molar-refractivity contribution in [1.82, 2.24) is 19.9 Å². The summed E-state index contributed by atoms with van der Waals surface area (Å²) in [6.07, 6.45) is 10.4. The maximum Gasteiger partial charge on any atom is 0.308 e. The zero-order valence-corrected chi connectivity index (χ0v) is 22.3. The number of aliphatic carboxylic acids is 1. The Balaban J connectivity index is 1.43. The number of aromatic nitrogens is 3. The number of unbranched alkanes of at least 4 members (excludes halogenated alkanes) is 1. The standard InChI is InChI=1S/C30H35N5O4/c1-2-3-14-35(24-5-4-12-31-17-24)28(36)19-34-18-25(21-6-9-27-22(16-21)11-15-39-27)29(30(37)38)26(34)8-7-23-10-13-32-20-33-23/h4-6,9-10,12-13,16-17,20,25-26,29H,2-3,7-8,11,14-15,18-19H2,1H3,(H,37,38). The molecule has 2 aliphatic rings. The molecule has 1 aromatic carbocycles. The molecular weight excluding hydrogens is 494 g/mol. The summed E-state index contributed by atoms with van der Waals surface area (Å²) in [5.41, 5.74) is 3.73. The van der Waals surface area contributed by atoms with E-state index >= 15 is 0 Å². The first-order chi connectivity index (χ1) is 19.0. The van der Waals surface area contributed by atoms with E-state index in [0.717, 1.165) is 47.5 Å². The van der Waals surface area contributed by atoms with Gasteiger partial charge < -0.3 is 14.7 Å². The van der Waals surface area contributed by atoms with Gasteiger partial charge in [0.15, 0.2) is 0 Å². The molecule has 3 atom stereocenters. The highest BCUT2D eigenvalue weighted by Crippen LogP contribution is 2.41. The molecule has 0 saturated carbocycles. The molecule has 204 valence electrons. The molecule has 9 nitrogen and oxygen atoms in total. The molecule has 39 heavy (non-hydrogen) atoms. The zero-order chi connectivity index (χ0) is 27.2. The van der Waals surface area contributed by atoms with Crippen LogP contribution in [0.15, 0.2) is 61.3 Å². The van der Waals surface area contributed by atoms with Crippen LogP contribution in [0.3, 0.4) is 0 Å². The number of hydrogen-bond acceptors (Lipinski definition) is 7. The van der Waals surface area contributed by atoms with Crippen molar-refractivity contribution in [3.05, 3.63) is 78.1 Å². The van der Waals surface area contributed by atoms with Crippen LogP contribution in [0.4, 0.5) is 5.69 Å². The maximum atomic E-state index is 13.8. The monoisotopic (exact) mass is 529 g/mol. The third-order valence-electron chi connectivity index (χ3n) is 7.85. The molecular formula is C30H35N5O4. The topological polar surface area (TPSA) is 109 Å². The van der Waals surface area contributed by atoms with Crippen molar-refractivity contribution in [2.75, 3.05) is 31.1 Å². The van der Waals surface area contributed by atoms with Crippen molar-refractivity contribution in [1.29, 1.82) is 0 Å². The van der Waals surface area contributed by atoms with Crippen LogP contribution in [0, 0.1) is 5.92 Å². The quantitative estimate of drug-likeness (QED) is 0.400. The Hall–Kier alpha value is -3.85. The predicted octanol–water partition coefficient (Wildman–Crippen LogP) is 3.74. The molecule has 0 aliphatic carbocycles. The predicted molar refractivity (Wildman–Crippen MR) is 147 cm³/mol. The second kappa shape index (κ2) is 12.3. The SMILES string of the molecule is CCCCN(C(=O)CN1CC(c2ccc3c(c2)CCO3)C(C(=O)O)C1CCc1ccncn1)c1cccnc1. The zero-order valence-electron chi connectivity index (χ0n) is 22.3. The first-order valence-corrected chi connectivity index (χ1v) is 13.7. The Morgan fingerprint density at radius 2 is 2.08 bits per heavy atom. The van der Waals surface area contributed by atoms with E-state index in [4.69, 9.17) is 4.74 Å². The van der Waals surface area contributed by atoms with E-state index in [1.165, 1.54) is 6.33 Å². The summed E-state index contributed by atoms with van der Waals surface area (Å²) in [7, 11) is 0. The Morgan fingerprint density at radius 1 is 1.18 bits per heavy atom. The molecule has 1 amide bonds. The molecule has 2 aliphatic heterocycles. The van der Waals surface area contributed by atoms with Crippen LogP contribution < -0.4 is 9.64 Å². The van der Waals surface area contributed by atoms with Crippen molar-refractivity contribution < 1.29 is 19.4 Å². The molecule has 1 fully saturated rings. The Bertz CT molecular complexity index is 1270. The normalized spacial score (nSPS) is 20.4. The Kier molecular flexibility index (Phi) is 8.46. The summed E-state index contributed by atoms with van der Waals surface area (Å²) in [6.45, 7) is 3.97. The van der Waals surface area contributed by atoms with Crippen molar-refractivity contribution in [3.8, 4) is 5.75 Å². The van der Waals surface area contributed by atoms with Crippen molar-refractivity contribution in [2.24, 2.45) is 5.92 Å². The first-order valence-electron chi connectivity index (χ1n) is 13.7. The number of likely N-dealkylation sites (tertiary alicyclic amines) is 1. The second-order valence-corrected chi connectivity index (χ2v) is 10.3. The summed E-state index contributed by atoms with van der Waals surface area (Å²) < 4.78 is 5.68. The van der Waals surface area contributed by atoms with Crippen LogP contribution in [0.1, 0.15) is 48.9 Å². The molecule has 0 bridgehead atoms. The lowest BCUT2D eigenvalue weighted by atomic mass is 9.83. The maximum absolute atomic E-state index is 13.8. The molecule has 2 aromatic heterocycles. The number of pyridine rings is 1. The van der Waals surface area contributed by atoms with Gasteiger partial charge in [-0.05, 0) is 54.7 Å². The van der Waals surface area contributed by atoms with Crippen LogP contribution in [0.25, 0.3) is 0 Å². The Labute approximate surface area is 228 Å². The minimum atomic E-state index is -0.838. The van der Waals surface area contributed by atoms with E-state index in [0.29, 0.717) is 32.5 Å². The fraction of sp³-hybridized carbons (Fsp3) is 0.433. The van der Waals surface area contributed by atoms with Crippen molar-refractivity contribution in [2.45, 2.75) is 51.0 Å². The molecule has 3 unspecified atom stereocenters. The number of rotatable bonds is 11. The summed E-state index contributed by atoms with van der Waals surface area (Å²) in [5, 5.41) is 10.5. The van der Waals surface area contributed by atoms with E-state index in [-0.39, 0.29) is 24.4 Å².